The number of anilines is 1. The Morgan fingerprint density at radius 2 is 2.26 bits per heavy atom. The number of hydrogen-bond donors (Lipinski definition) is 1. The Labute approximate surface area is 113 Å². The third-order valence-electron chi connectivity index (χ3n) is 3.89. The Bertz CT molecular complexity index is 493. The smallest absolute Gasteiger partial charge is 0.333 e. The van der Waals surface area contributed by atoms with E-state index < -0.39 is 0 Å². The molecule has 6 nitrogen and oxygen atoms in total. The number of rotatable bonds is 4. The lowest BCUT2D eigenvalue weighted by Crippen LogP contribution is -2.20. The molecule has 6 heteroatoms. The molecule has 1 aromatic heterocycles. The highest BCUT2D eigenvalue weighted by Gasteiger charge is 2.34. The Balaban J connectivity index is 2.26. The van der Waals surface area contributed by atoms with Gasteiger partial charge in [-0.3, -0.25) is 10.1 Å². The molecule has 1 atom stereocenters. The van der Waals surface area contributed by atoms with Crippen LogP contribution >= 0.6 is 0 Å². The van der Waals surface area contributed by atoms with Gasteiger partial charge in [-0.2, -0.15) is 5.10 Å². The second-order valence-electron chi connectivity index (χ2n) is 6.10. The van der Waals surface area contributed by atoms with Crippen LogP contribution in [0.1, 0.15) is 45.7 Å². The van der Waals surface area contributed by atoms with Crippen LogP contribution in [0.5, 0.6) is 0 Å². The molecule has 1 fully saturated rings. The van der Waals surface area contributed by atoms with Crippen LogP contribution in [-0.2, 0) is 6.54 Å². The second kappa shape index (κ2) is 4.83. The molecule has 1 aliphatic rings. The van der Waals surface area contributed by atoms with Gasteiger partial charge in [0.25, 0.3) is 0 Å². The van der Waals surface area contributed by atoms with Crippen molar-refractivity contribution in [1.29, 1.82) is 0 Å². The first-order valence-corrected chi connectivity index (χ1v) is 6.82. The van der Waals surface area contributed by atoms with Gasteiger partial charge in [0.2, 0.25) is 5.82 Å². The van der Waals surface area contributed by atoms with Gasteiger partial charge in [-0.1, -0.05) is 13.8 Å². The molecule has 0 aromatic carbocycles. The molecule has 0 spiro atoms. The van der Waals surface area contributed by atoms with Crippen LogP contribution in [0.4, 0.5) is 11.5 Å². The zero-order valence-corrected chi connectivity index (χ0v) is 12.1. The van der Waals surface area contributed by atoms with Crippen molar-refractivity contribution in [3.05, 3.63) is 15.8 Å². The molecule has 1 aliphatic carbocycles. The van der Waals surface area contributed by atoms with Gasteiger partial charge in [0.1, 0.15) is 5.69 Å². The monoisotopic (exact) mass is 266 g/mol. The van der Waals surface area contributed by atoms with Gasteiger partial charge in [-0.05, 0) is 38.5 Å². The highest BCUT2D eigenvalue weighted by Crippen LogP contribution is 2.39. The first kappa shape index (κ1) is 13.8. The van der Waals surface area contributed by atoms with E-state index in [2.05, 4.69) is 24.3 Å². The topological polar surface area (TPSA) is 73.0 Å². The third kappa shape index (κ3) is 2.72. The number of hydrogen-bond acceptors (Lipinski definition) is 4. The van der Waals surface area contributed by atoms with E-state index in [1.165, 1.54) is 0 Å². The van der Waals surface area contributed by atoms with Gasteiger partial charge < -0.3 is 5.32 Å². The number of nitro groups is 1. The molecular formula is C13H22N4O2. The summed E-state index contributed by atoms with van der Waals surface area (Å²) in [5.74, 6) is 0.563. The van der Waals surface area contributed by atoms with Crippen molar-refractivity contribution in [3.63, 3.8) is 0 Å². The molecule has 0 radical (unpaired) electrons. The average Bonchev–Trinajstić information content (AvgIpc) is 2.79. The number of nitrogens with one attached hydrogen (secondary N) is 1. The molecule has 1 unspecified atom stereocenters. The molecule has 2 rings (SSSR count). The normalized spacial score (nSPS) is 21.6. The van der Waals surface area contributed by atoms with Crippen LogP contribution in [0.2, 0.25) is 0 Å². The van der Waals surface area contributed by atoms with Crippen LogP contribution in [0.15, 0.2) is 0 Å². The first-order chi connectivity index (χ1) is 8.84. The Morgan fingerprint density at radius 3 is 2.74 bits per heavy atom. The number of aryl methyl sites for hydroxylation is 2. The maximum atomic E-state index is 11.2. The van der Waals surface area contributed by atoms with E-state index in [-0.39, 0.29) is 10.6 Å². The molecule has 0 aliphatic heterocycles. The summed E-state index contributed by atoms with van der Waals surface area (Å²) in [5.41, 5.74) is 0.914. The van der Waals surface area contributed by atoms with Crippen molar-refractivity contribution in [3.8, 4) is 0 Å². The lowest BCUT2D eigenvalue weighted by atomic mass is 9.92. The minimum absolute atomic E-state index is 0.117. The second-order valence-corrected chi connectivity index (χ2v) is 6.10. The summed E-state index contributed by atoms with van der Waals surface area (Å²) in [7, 11) is 0. The van der Waals surface area contributed by atoms with Gasteiger partial charge in [0.15, 0.2) is 0 Å². The third-order valence-corrected chi connectivity index (χ3v) is 3.89. The van der Waals surface area contributed by atoms with Crippen molar-refractivity contribution >= 4 is 11.5 Å². The van der Waals surface area contributed by atoms with E-state index in [4.69, 9.17) is 0 Å². The highest BCUT2D eigenvalue weighted by atomic mass is 16.6. The van der Waals surface area contributed by atoms with Crippen LogP contribution in [-0.4, -0.2) is 20.7 Å². The van der Waals surface area contributed by atoms with Crippen LogP contribution in [0.3, 0.4) is 0 Å². The molecule has 0 saturated heterocycles. The minimum atomic E-state index is -0.336. The lowest BCUT2D eigenvalue weighted by Gasteiger charge is -2.18. The van der Waals surface area contributed by atoms with Crippen molar-refractivity contribution in [1.82, 2.24) is 9.78 Å². The minimum Gasteiger partial charge on any atom is -0.362 e. The summed E-state index contributed by atoms with van der Waals surface area (Å²) in [5, 5.41) is 18.8. The summed E-state index contributed by atoms with van der Waals surface area (Å²) in [4.78, 5) is 10.8. The van der Waals surface area contributed by atoms with Gasteiger partial charge >= 0.3 is 5.69 Å². The van der Waals surface area contributed by atoms with E-state index >= 15 is 0 Å². The summed E-state index contributed by atoms with van der Waals surface area (Å²) in [6.07, 6.45) is 3.24. The van der Waals surface area contributed by atoms with Gasteiger partial charge in [0.05, 0.1) is 4.92 Å². The standard InChI is InChI=1S/C13H22N4O2/c1-5-16-12(11(17(18)19)9(2)15-16)14-10-6-7-13(3,4)8-10/h10,14H,5-8H2,1-4H3. The van der Waals surface area contributed by atoms with Crippen LogP contribution in [0.25, 0.3) is 0 Å². The molecule has 1 heterocycles. The van der Waals surface area contributed by atoms with Crippen molar-refractivity contribution in [2.24, 2.45) is 5.41 Å². The molecule has 106 valence electrons. The zero-order chi connectivity index (χ0) is 14.2. The van der Waals surface area contributed by atoms with Crippen molar-refractivity contribution in [2.45, 2.75) is 59.5 Å². The summed E-state index contributed by atoms with van der Waals surface area (Å²) in [6, 6.07) is 0.301. The van der Waals surface area contributed by atoms with Gasteiger partial charge in [-0.25, -0.2) is 4.68 Å². The summed E-state index contributed by atoms with van der Waals surface area (Å²) >= 11 is 0. The van der Waals surface area contributed by atoms with E-state index in [1.807, 2.05) is 6.92 Å². The lowest BCUT2D eigenvalue weighted by molar-refractivity contribution is -0.384. The van der Waals surface area contributed by atoms with E-state index in [0.717, 1.165) is 19.3 Å². The molecular weight excluding hydrogens is 244 g/mol. The molecule has 1 saturated carbocycles. The van der Waals surface area contributed by atoms with E-state index in [0.29, 0.717) is 29.5 Å². The number of aromatic nitrogens is 2. The van der Waals surface area contributed by atoms with Gasteiger partial charge in [0, 0.05) is 12.6 Å². The van der Waals surface area contributed by atoms with Gasteiger partial charge in [-0.15, -0.1) is 0 Å². The van der Waals surface area contributed by atoms with Crippen molar-refractivity contribution < 1.29 is 4.92 Å². The Hall–Kier alpha value is -1.59. The fourth-order valence-corrected chi connectivity index (χ4v) is 2.91. The summed E-state index contributed by atoms with van der Waals surface area (Å²) < 4.78 is 1.69. The SMILES string of the molecule is CCn1nc(C)c([N+](=O)[O-])c1NC1CCC(C)(C)C1. The first-order valence-electron chi connectivity index (χ1n) is 6.82. The van der Waals surface area contributed by atoms with Crippen LogP contribution in [0, 0.1) is 22.5 Å². The van der Waals surface area contributed by atoms with Crippen molar-refractivity contribution in [2.75, 3.05) is 5.32 Å². The van der Waals surface area contributed by atoms with E-state index in [1.54, 1.807) is 11.6 Å². The Kier molecular flexibility index (Phi) is 3.52. The summed E-state index contributed by atoms with van der Waals surface area (Å²) in [6.45, 7) is 8.75. The highest BCUT2D eigenvalue weighted by molar-refractivity contribution is 5.60. The molecule has 0 bridgehead atoms. The average molecular weight is 266 g/mol. The molecule has 1 N–H and O–H groups in total. The maximum Gasteiger partial charge on any atom is 0.333 e. The maximum absolute atomic E-state index is 11.2. The molecule has 0 amide bonds. The largest absolute Gasteiger partial charge is 0.362 e. The van der Waals surface area contributed by atoms with E-state index in [9.17, 15) is 10.1 Å². The molecule has 19 heavy (non-hydrogen) atoms. The predicted molar refractivity (Wildman–Crippen MR) is 74.3 cm³/mol. The zero-order valence-electron chi connectivity index (χ0n) is 12.1. The fourth-order valence-electron chi connectivity index (χ4n) is 2.91. The predicted octanol–water partition coefficient (Wildman–Crippen LogP) is 3.11. The quantitative estimate of drug-likeness (QED) is 0.671. The van der Waals surface area contributed by atoms with Crippen LogP contribution < -0.4 is 5.32 Å². The number of nitrogens with zero attached hydrogens (tertiary/aromatic N) is 3. The molecule has 1 aromatic rings. The fraction of sp³-hybridized carbons (Fsp3) is 0.769. The Morgan fingerprint density at radius 1 is 1.58 bits per heavy atom.